The average molecular weight is 1310 g/mol. The summed E-state index contributed by atoms with van der Waals surface area (Å²) in [6, 6.07) is 44.1. The van der Waals surface area contributed by atoms with Crippen LogP contribution in [-0.2, 0) is 28.2 Å². The van der Waals surface area contributed by atoms with Gasteiger partial charge in [-0.3, -0.25) is 0 Å². The largest absolute Gasteiger partial charge is 0.437 e. The van der Waals surface area contributed by atoms with Gasteiger partial charge in [0.1, 0.15) is 28.2 Å². The molecule has 4 aromatic carbocycles. The number of hydrogen-bond donors (Lipinski definition) is 0. The van der Waals surface area contributed by atoms with E-state index in [0.29, 0.717) is 45.3 Å². The predicted octanol–water partition coefficient (Wildman–Crippen LogP) is 19.8. The van der Waals surface area contributed by atoms with Crippen molar-refractivity contribution in [3.63, 3.8) is 0 Å². The van der Waals surface area contributed by atoms with Crippen LogP contribution >= 0.6 is 0 Å². The van der Waals surface area contributed by atoms with Gasteiger partial charge in [-0.1, -0.05) is 70.1 Å². The van der Waals surface area contributed by atoms with Crippen molar-refractivity contribution in [2.24, 2.45) is 28.2 Å². The molecule has 0 aliphatic rings. The molecule has 0 spiro atoms. The molecule has 16 rings (SSSR count). The van der Waals surface area contributed by atoms with Crippen molar-refractivity contribution < 1.29 is 49.6 Å². The summed E-state index contributed by atoms with van der Waals surface area (Å²) in [6.45, 7) is 19.2. The van der Waals surface area contributed by atoms with Crippen LogP contribution in [0.5, 0.6) is 0 Å². The smallest absolute Gasteiger partial charge is 0.227 e. The molecule has 0 saturated carbocycles. The van der Waals surface area contributed by atoms with Gasteiger partial charge in [-0.2, -0.15) is 0 Å². The third-order valence-electron chi connectivity index (χ3n) is 18.8. The molecule has 0 fully saturated rings. The van der Waals surface area contributed by atoms with Crippen molar-refractivity contribution in [3.8, 4) is 45.0 Å². The van der Waals surface area contributed by atoms with Crippen molar-refractivity contribution in [2.45, 2.75) is 122 Å². The van der Waals surface area contributed by atoms with E-state index in [2.05, 4.69) is 114 Å². The first-order valence-electron chi connectivity index (χ1n) is 38.0. The van der Waals surface area contributed by atoms with Crippen LogP contribution in [-0.4, -0.2) is 19.9 Å². The lowest BCUT2D eigenvalue weighted by Gasteiger charge is -2.10. The lowest BCUT2D eigenvalue weighted by atomic mass is 9.95. The second-order valence-corrected chi connectivity index (χ2v) is 26.5. The lowest BCUT2D eigenvalue weighted by Crippen LogP contribution is -2.31. The first-order chi connectivity index (χ1) is 50.8. The average Bonchev–Trinajstić information content (AvgIpc) is 0.930. The van der Waals surface area contributed by atoms with E-state index in [-0.39, 0.29) is 0 Å². The lowest BCUT2D eigenvalue weighted by molar-refractivity contribution is -0.660. The summed E-state index contributed by atoms with van der Waals surface area (Å²) in [5, 5.41) is 8.14. The minimum atomic E-state index is -2.44. The number of nitrogens with zero attached hydrogens (tertiary/aromatic N) is 8. The van der Waals surface area contributed by atoms with Crippen molar-refractivity contribution in [3.05, 3.63) is 237 Å². The Morgan fingerprint density at radius 2 is 0.755 bits per heavy atom. The maximum absolute atomic E-state index is 8.47. The number of fused-ring (bicyclic) bond motifs is 12. The van der Waals surface area contributed by atoms with Crippen LogP contribution in [0.4, 0.5) is 0 Å². The van der Waals surface area contributed by atoms with E-state index >= 15 is 0 Å². The standard InChI is InChI=1S/C23H25N2O.C22H23N2O.C21H21N2O.C20H19N2O/c1-13(2)17-9-10-25(6)19(12-17)21-15(4)11-14(3)20-18-8-7-16(5)24-23(18)26-22(20)21;1-13(2)16-10-11-24(5)19(12-16)20-14(3)6-8-17-18-9-7-15(4)23-22(18)25-21(17)20;1-12-6-8-16-17-9-7-15(4)22-21(17)24-20(16)19(12)18-10-13(2)14(3)11-23(18)5;1-12-5-10-17(22(4)11-12)18-13(2)6-8-15-16-9-7-14(3)21-20(16)23-19(15)18/h7-13H,1-6H3;6-13H,1-5H3;6-11H,1-5H3;5-11H,1-4H3/q4*+1/i;1D3,13D;3D3;1D3. The van der Waals surface area contributed by atoms with Gasteiger partial charge in [0, 0.05) is 127 Å². The van der Waals surface area contributed by atoms with Crippen LogP contribution in [0.25, 0.3) is 133 Å². The molecule has 0 N–H and O–H groups in total. The molecule has 12 aromatic heterocycles. The zero-order valence-electron chi connectivity index (χ0n) is 68.8. The Bertz CT molecular complexity index is 6290. The van der Waals surface area contributed by atoms with E-state index in [1.54, 1.807) is 36.8 Å². The fourth-order valence-electron chi connectivity index (χ4n) is 13.4. The first-order valence-corrected chi connectivity index (χ1v) is 33.0. The summed E-state index contributed by atoms with van der Waals surface area (Å²) in [5.74, 6) is -1.24. The monoisotopic (exact) mass is 1310 g/mol. The van der Waals surface area contributed by atoms with Crippen molar-refractivity contribution >= 4 is 88.3 Å². The summed E-state index contributed by atoms with van der Waals surface area (Å²) in [4.78, 5) is 18.1. The number of benzene rings is 4. The second-order valence-electron chi connectivity index (χ2n) is 26.5. The number of pyridine rings is 8. The normalized spacial score (nSPS) is 14.1. The fourth-order valence-corrected chi connectivity index (χ4v) is 13.4. The summed E-state index contributed by atoms with van der Waals surface area (Å²) >= 11 is 0. The summed E-state index contributed by atoms with van der Waals surface area (Å²) in [6.07, 6.45) is 7.29. The zero-order chi connectivity index (χ0) is 77.9. The van der Waals surface area contributed by atoms with Gasteiger partial charge in [0.05, 0.1) is 22.3 Å². The van der Waals surface area contributed by atoms with E-state index in [1.165, 1.54) is 34.7 Å². The molecule has 0 aliphatic carbocycles. The molecule has 1 unspecified atom stereocenters. The highest BCUT2D eigenvalue weighted by molar-refractivity contribution is 6.12. The van der Waals surface area contributed by atoms with Gasteiger partial charge in [0.25, 0.3) is 0 Å². The predicted molar refractivity (Wildman–Crippen MR) is 398 cm³/mol. The van der Waals surface area contributed by atoms with Crippen LogP contribution in [0.3, 0.4) is 0 Å². The fraction of sp³-hybridized carbons (Fsp3) is 0.256. The van der Waals surface area contributed by atoms with Gasteiger partial charge in [0.15, 0.2) is 47.1 Å². The molecule has 0 bridgehead atoms. The van der Waals surface area contributed by atoms with Crippen LogP contribution in [0, 0.1) is 82.9 Å². The molecule has 0 amide bonds. The van der Waals surface area contributed by atoms with Crippen LogP contribution < -0.4 is 18.3 Å². The van der Waals surface area contributed by atoms with Crippen LogP contribution in [0.2, 0.25) is 0 Å². The molecule has 98 heavy (non-hydrogen) atoms. The minimum absolute atomic E-state index is 0.315. The van der Waals surface area contributed by atoms with E-state index in [9.17, 15) is 0 Å². The number of hydrogen-bond acceptors (Lipinski definition) is 8. The van der Waals surface area contributed by atoms with Crippen molar-refractivity contribution in [1.82, 2.24) is 19.9 Å². The van der Waals surface area contributed by atoms with E-state index in [0.717, 1.165) is 145 Å². The topological polar surface area (TPSA) is 120 Å². The van der Waals surface area contributed by atoms with E-state index in [1.807, 2.05) is 157 Å². The Kier molecular flexibility index (Phi) is 14.4. The molecular weight excluding hydrogens is 1210 g/mol. The summed E-state index contributed by atoms with van der Waals surface area (Å²) in [7, 11) is 7.72. The molecule has 12 heteroatoms. The minimum Gasteiger partial charge on any atom is -0.437 e. The van der Waals surface area contributed by atoms with Crippen molar-refractivity contribution in [2.75, 3.05) is 0 Å². The number of furan rings is 4. The summed E-state index contributed by atoms with van der Waals surface area (Å²) in [5.41, 5.74) is 25.9. The van der Waals surface area contributed by atoms with Gasteiger partial charge >= 0.3 is 0 Å². The molecular formula is C86H88N8O4+4. The Morgan fingerprint density at radius 1 is 0.347 bits per heavy atom. The molecule has 12 heterocycles. The summed E-state index contributed by atoms with van der Waals surface area (Å²) < 4.78 is 110. The SMILES string of the molecule is Cc1ccc2c(n1)oc1c(-c3cc(C(C)C)cc[n+]3C)c(C)cc(C)c12.[2H]C([2H])([2H])C([2H])(C)c1cc[n+](C)c(-c2c(C)ccc3c2oc2nc(C)ccc23)c1.[2H]C([2H])([2H])c1c[n+](C)c(-c2c(C)ccc3c2oc2nc(C)ccc23)cc1C.[2H]C([2H])([2H])c1ccc(-c2c(C)ccc3c2oc2nc(C)ccc23)[n+](C)c1. The molecule has 0 aliphatic heterocycles. The Labute approximate surface area is 587 Å². The highest BCUT2D eigenvalue weighted by Crippen LogP contribution is 2.42. The maximum atomic E-state index is 8.47. The molecule has 16 aromatic rings. The highest BCUT2D eigenvalue weighted by atomic mass is 16.4. The Balaban J connectivity index is 0.000000127. The molecule has 492 valence electrons. The molecule has 1 atom stereocenters. The molecule has 0 radical (unpaired) electrons. The second kappa shape index (κ2) is 26.0. The first kappa shape index (κ1) is 54.4. The Hall–Kier alpha value is -10.7. The number of aryl methyl sites for hydroxylation is 16. The van der Waals surface area contributed by atoms with Gasteiger partial charge in [0.2, 0.25) is 45.6 Å². The zero-order valence-corrected chi connectivity index (χ0v) is 58.8. The third kappa shape index (κ3) is 12.2. The highest BCUT2D eigenvalue weighted by Gasteiger charge is 2.27. The van der Waals surface area contributed by atoms with Gasteiger partial charge < -0.3 is 17.7 Å². The molecule has 0 saturated heterocycles. The van der Waals surface area contributed by atoms with E-state index < -0.39 is 26.4 Å². The van der Waals surface area contributed by atoms with Crippen LogP contribution in [0.15, 0.2) is 176 Å². The maximum Gasteiger partial charge on any atom is 0.227 e. The Morgan fingerprint density at radius 3 is 1.21 bits per heavy atom. The van der Waals surface area contributed by atoms with Crippen molar-refractivity contribution in [1.29, 1.82) is 0 Å². The van der Waals surface area contributed by atoms with E-state index in [4.69, 9.17) is 31.4 Å². The number of aromatic nitrogens is 8. The molecule has 12 nitrogen and oxygen atoms in total. The van der Waals surface area contributed by atoms with Gasteiger partial charge in [-0.25, -0.2) is 38.2 Å². The third-order valence-corrected chi connectivity index (χ3v) is 18.8. The van der Waals surface area contributed by atoms with Gasteiger partial charge in [-0.15, -0.1) is 0 Å². The van der Waals surface area contributed by atoms with Gasteiger partial charge in [-0.05, 0) is 194 Å². The van der Waals surface area contributed by atoms with Crippen LogP contribution in [0.1, 0.15) is 132 Å². The quantitative estimate of drug-likeness (QED) is 0.151. The number of rotatable bonds is 6.